The minimum Gasteiger partial charge on any atom is -0.494 e. The lowest BCUT2D eigenvalue weighted by molar-refractivity contribution is 0.250. The molecule has 0 saturated carbocycles. The number of thiazole rings is 1. The number of nitrogens with zero attached hydrogens (tertiary/aromatic N) is 4. The largest absolute Gasteiger partial charge is 0.494 e. The first-order valence-corrected chi connectivity index (χ1v) is 10.4. The van der Waals surface area contributed by atoms with Crippen LogP contribution in [0.1, 0.15) is 0 Å². The molecule has 3 N–H and O–H groups in total. The van der Waals surface area contributed by atoms with Gasteiger partial charge < -0.3 is 24.7 Å². The average Bonchev–Trinajstić information content (AvgIpc) is 3.38. The molecule has 0 aliphatic heterocycles. The molecular formula is C20H23N7O3S. The van der Waals surface area contributed by atoms with Crippen molar-refractivity contribution in [2.45, 2.75) is 0 Å². The lowest BCUT2D eigenvalue weighted by Crippen LogP contribution is -2.34. The number of fused-ring (bicyclic) bond motifs is 2. The van der Waals surface area contributed by atoms with Crippen LogP contribution in [-0.4, -0.2) is 72.3 Å². The number of nitrogens with one attached hydrogen (secondary N) is 3. The van der Waals surface area contributed by atoms with E-state index in [1.165, 1.54) is 11.3 Å². The Hall–Kier alpha value is -3.44. The first-order chi connectivity index (χ1) is 15.0. The summed E-state index contributed by atoms with van der Waals surface area (Å²) in [6, 6.07) is 3.34. The molecule has 4 heterocycles. The van der Waals surface area contributed by atoms with E-state index in [0.29, 0.717) is 35.3 Å². The summed E-state index contributed by atoms with van der Waals surface area (Å²) < 4.78 is 12.1. The highest BCUT2D eigenvalue weighted by atomic mass is 32.1. The number of hydrogen-bond donors (Lipinski definition) is 3. The number of rotatable bonds is 7. The van der Waals surface area contributed by atoms with Crippen molar-refractivity contribution in [2.75, 3.05) is 46.7 Å². The van der Waals surface area contributed by atoms with Crippen LogP contribution in [0.3, 0.4) is 0 Å². The van der Waals surface area contributed by atoms with Crippen molar-refractivity contribution in [1.82, 2.24) is 30.2 Å². The summed E-state index contributed by atoms with van der Waals surface area (Å²) >= 11 is 1.45. The molecule has 0 radical (unpaired) electrons. The molecule has 0 saturated heterocycles. The van der Waals surface area contributed by atoms with E-state index in [1.807, 2.05) is 31.3 Å². The van der Waals surface area contributed by atoms with Gasteiger partial charge in [-0.1, -0.05) is 0 Å². The van der Waals surface area contributed by atoms with Crippen LogP contribution in [0.4, 0.5) is 10.6 Å². The predicted molar refractivity (Wildman–Crippen MR) is 121 cm³/mol. The number of ether oxygens (including phenoxy) is 2. The molecule has 4 aromatic heterocycles. The van der Waals surface area contributed by atoms with Crippen LogP contribution in [-0.2, 0) is 0 Å². The van der Waals surface area contributed by atoms with E-state index in [0.717, 1.165) is 27.8 Å². The number of likely N-dealkylation sites (N-methyl/N-ethyl adjacent to an activating group) is 1. The average molecular weight is 442 g/mol. The molecule has 0 bridgehead atoms. The first kappa shape index (κ1) is 20.8. The summed E-state index contributed by atoms with van der Waals surface area (Å²) in [5.41, 5.74) is 4.47. The predicted octanol–water partition coefficient (Wildman–Crippen LogP) is 2.93. The number of H-pyrrole nitrogens is 1. The van der Waals surface area contributed by atoms with Crippen molar-refractivity contribution in [3.8, 4) is 22.8 Å². The van der Waals surface area contributed by atoms with E-state index >= 15 is 0 Å². The van der Waals surface area contributed by atoms with E-state index in [4.69, 9.17) is 9.47 Å². The summed E-state index contributed by atoms with van der Waals surface area (Å²) in [5, 5.41) is 6.40. The molecule has 4 rings (SSSR count). The second-order valence-electron chi connectivity index (χ2n) is 7.01. The Balaban J connectivity index is 1.67. The van der Waals surface area contributed by atoms with Crippen molar-refractivity contribution in [3.63, 3.8) is 0 Å². The standard InChI is InChI=1S/C20H23N7O3S/c1-27(2)8-7-21-20(28)25-13-6-5-11-12(9-22-17(11)24-13)14-15(29-3)16-18(23-10-31-16)26-19(14)30-4/h5-6,9-10H,7-8H2,1-4H3,(H3,21,22,24,25,28). The zero-order chi connectivity index (χ0) is 22.0. The number of methoxy groups -OCH3 is 2. The van der Waals surface area contributed by atoms with E-state index in [2.05, 4.69) is 30.6 Å². The van der Waals surface area contributed by atoms with E-state index < -0.39 is 0 Å². The van der Waals surface area contributed by atoms with E-state index in [-0.39, 0.29) is 6.03 Å². The summed E-state index contributed by atoms with van der Waals surface area (Å²) in [7, 11) is 7.07. The number of pyridine rings is 2. The molecule has 162 valence electrons. The number of hydrogen-bond acceptors (Lipinski definition) is 8. The van der Waals surface area contributed by atoms with Crippen LogP contribution < -0.4 is 20.1 Å². The fourth-order valence-electron chi connectivity index (χ4n) is 3.25. The Morgan fingerprint density at radius 3 is 2.81 bits per heavy atom. The van der Waals surface area contributed by atoms with Crippen LogP contribution in [0.5, 0.6) is 11.6 Å². The van der Waals surface area contributed by atoms with Crippen molar-refractivity contribution < 1.29 is 14.3 Å². The number of aromatic amines is 1. The van der Waals surface area contributed by atoms with Gasteiger partial charge in [0.1, 0.15) is 16.2 Å². The van der Waals surface area contributed by atoms with Gasteiger partial charge >= 0.3 is 6.03 Å². The number of urea groups is 1. The maximum Gasteiger partial charge on any atom is 0.320 e. The topological polar surface area (TPSA) is 117 Å². The van der Waals surface area contributed by atoms with Crippen LogP contribution in [0.25, 0.3) is 32.5 Å². The lowest BCUT2D eigenvalue weighted by atomic mass is 10.1. The van der Waals surface area contributed by atoms with Gasteiger partial charge in [0.05, 0.1) is 25.3 Å². The third-order valence-electron chi connectivity index (χ3n) is 4.69. The molecule has 0 aliphatic carbocycles. The molecule has 0 aromatic carbocycles. The summed E-state index contributed by atoms with van der Waals surface area (Å²) in [6.07, 6.45) is 1.83. The highest BCUT2D eigenvalue weighted by molar-refractivity contribution is 7.17. The third kappa shape index (κ3) is 4.09. The molecule has 31 heavy (non-hydrogen) atoms. The van der Waals surface area contributed by atoms with Gasteiger partial charge in [-0.15, -0.1) is 11.3 Å². The highest BCUT2D eigenvalue weighted by Gasteiger charge is 2.23. The maximum atomic E-state index is 12.1. The Kier molecular flexibility index (Phi) is 5.87. The molecule has 0 aliphatic rings. The fourth-order valence-corrected chi connectivity index (χ4v) is 4.01. The van der Waals surface area contributed by atoms with Gasteiger partial charge in [0.25, 0.3) is 0 Å². The Morgan fingerprint density at radius 1 is 1.23 bits per heavy atom. The van der Waals surface area contributed by atoms with E-state index in [9.17, 15) is 4.79 Å². The van der Waals surface area contributed by atoms with Crippen LogP contribution in [0.15, 0.2) is 23.8 Å². The van der Waals surface area contributed by atoms with Crippen molar-refractivity contribution in [3.05, 3.63) is 23.8 Å². The van der Waals surface area contributed by atoms with Crippen molar-refractivity contribution >= 4 is 44.6 Å². The minimum absolute atomic E-state index is 0.302. The molecule has 2 amide bonds. The van der Waals surface area contributed by atoms with Gasteiger partial charge in [0.2, 0.25) is 5.88 Å². The first-order valence-electron chi connectivity index (χ1n) is 9.55. The number of carbonyl (C=O) groups excluding carboxylic acids is 1. The Bertz CT molecular complexity index is 1230. The number of aromatic nitrogens is 4. The summed E-state index contributed by atoms with van der Waals surface area (Å²) in [5.74, 6) is 1.50. The van der Waals surface area contributed by atoms with Gasteiger partial charge in [0, 0.05) is 30.2 Å². The van der Waals surface area contributed by atoms with E-state index in [1.54, 1.807) is 25.8 Å². The quantitative estimate of drug-likeness (QED) is 0.404. The lowest BCUT2D eigenvalue weighted by Gasteiger charge is -2.12. The molecular weight excluding hydrogens is 418 g/mol. The second kappa shape index (κ2) is 8.74. The zero-order valence-electron chi connectivity index (χ0n) is 17.6. The Morgan fingerprint density at radius 2 is 2.06 bits per heavy atom. The molecule has 4 aromatic rings. The van der Waals surface area contributed by atoms with Gasteiger partial charge in [-0.2, -0.15) is 4.98 Å². The van der Waals surface area contributed by atoms with Gasteiger partial charge in [-0.3, -0.25) is 5.32 Å². The summed E-state index contributed by atoms with van der Waals surface area (Å²) in [6.45, 7) is 1.29. The Labute approximate surface area is 182 Å². The molecule has 0 spiro atoms. The number of amides is 2. The second-order valence-corrected chi connectivity index (χ2v) is 7.87. The van der Waals surface area contributed by atoms with Crippen LogP contribution in [0, 0.1) is 0 Å². The van der Waals surface area contributed by atoms with Gasteiger partial charge in [-0.05, 0) is 26.2 Å². The molecule has 11 heteroatoms. The third-order valence-corrected chi connectivity index (χ3v) is 5.51. The van der Waals surface area contributed by atoms with Crippen molar-refractivity contribution in [2.24, 2.45) is 0 Å². The molecule has 0 unspecified atom stereocenters. The molecule has 0 atom stereocenters. The number of anilines is 1. The normalized spacial score (nSPS) is 11.3. The summed E-state index contributed by atoms with van der Waals surface area (Å²) in [4.78, 5) is 30.5. The minimum atomic E-state index is -0.302. The monoisotopic (exact) mass is 441 g/mol. The maximum absolute atomic E-state index is 12.1. The van der Waals surface area contributed by atoms with Crippen LogP contribution in [0.2, 0.25) is 0 Å². The SMILES string of the molecule is COc1nc2ncsc2c(OC)c1-c1c[nH]c2nc(NC(=O)NCCN(C)C)ccc12. The van der Waals surface area contributed by atoms with Crippen molar-refractivity contribution in [1.29, 1.82) is 0 Å². The molecule has 0 fully saturated rings. The fraction of sp³-hybridized carbons (Fsp3) is 0.300. The zero-order valence-corrected chi connectivity index (χ0v) is 18.5. The van der Waals surface area contributed by atoms with Crippen LogP contribution >= 0.6 is 11.3 Å². The number of carbonyl (C=O) groups is 1. The molecule has 10 nitrogen and oxygen atoms in total. The van der Waals surface area contributed by atoms with Gasteiger partial charge in [-0.25, -0.2) is 14.8 Å². The highest BCUT2D eigenvalue weighted by Crippen LogP contribution is 2.45. The smallest absolute Gasteiger partial charge is 0.320 e. The van der Waals surface area contributed by atoms with Gasteiger partial charge in [0.15, 0.2) is 11.4 Å².